The Kier molecular flexibility index (Phi) is 7.63. The van der Waals surface area contributed by atoms with Crippen molar-refractivity contribution in [3.8, 4) is 5.75 Å². The SMILES string of the molecule is Cc1nc2cc(OC(C(C)O)N3CCN(CC4=NOC(c5ccccc5C(F)(F)F)C4)[C@@H](C)C3)ccc2s1. The molecular formula is C27H31F3N4O3S. The number of aromatic nitrogens is 1. The van der Waals surface area contributed by atoms with E-state index in [9.17, 15) is 18.3 Å². The normalized spacial score (nSPS) is 22.8. The predicted molar refractivity (Wildman–Crippen MR) is 140 cm³/mol. The highest BCUT2D eigenvalue weighted by Gasteiger charge is 2.38. The lowest BCUT2D eigenvalue weighted by Crippen LogP contribution is -2.59. The number of hydrogen-bond acceptors (Lipinski definition) is 8. The summed E-state index contributed by atoms with van der Waals surface area (Å²) in [5.41, 5.74) is 1.03. The summed E-state index contributed by atoms with van der Waals surface area (Å²) in [5.74, 6) is 0.659. The second-order valence-corrected chi connectivity index (χ2v) is 11.2. The van der Waals surface area contributed by atoms with E-state index in [1.165, 1.54) is 12.1 Å². The van der Waals surface area contributed by atoms with Crippen LogP contribution in [0, 0.1) is 6.92 Å². The number of aliphatic hydroxyl groups is 1. The number of halogens is 3. The molecule has 5 rings (SSSR count). The number of rotatable bonds is 7. The van der Waals surface area contributed by atoms with Gasteiger partial charge in [-0.25, -0.2) is 4.98 Å². The van der Waals surface area contributed by atoms with Crippen molar-refractivity contribution in [3.05, 3.63) is 58.6 Å². The minimum atomic E-state index is -4.44. The Morgan fingerprint density at radius 1 is 1.21 bits per heavy atom. The molecule has 0 saturated carbocycles. The number of fused-ring (bicyclic) bond motifs is 1. The summed E-state index contributed by atoms with van der Waals surface area (Å²) in [6.07, 6.45) is -6.11. The number of hydrogen-bond donors (Lipinski definition) is 1. The van der Waals surface area contributed by atoms with E-state index in [1.54, 1.807) is 24.3 Å². The zero-order chi connectivity index (χ0) is 27.0. The zero-order valence-electron chi connectivity index (χ0n) is 21.5. The maximum absolute atomic E-state index is 13.5. The molecule has 0 radical (unpaired) electrons. The minimum absolute atomic E-state index is 0.111. The fraction of sp³-hybridized carbons (Fsp3) is 0.481. The highest BCUT2D eigenvalue weighted by molar-refractivity contribution is 7.18. The molecule has 2 aromatic carbocycles. The Labute approximate surface area is 223 Å². The second-order valence-electron chi connectivity index (χ2n) is 9.97. The van der Waals surface area contributed by atoms with E-state index in [0.717, 1.165) is 27.0 Å². The van der Waals surface area contributed by atoms with E-state index in [1.807, 2.05) is 25.1 Å². The van der Waals surface area contributed by atoms with Gasteiger partial charge in [-0.3, -0.25) is 9.80 Å². The second kappa shape index (κ2) is 10.8. The fourth-order valence-electron chi connectivity index (χ4n) is 5.16. The Bertz CT molecular complexity index is 1310. The highest BCUT2D eigenvalue weighted by atomic mass is 32.1. The van der Waals surface area contributed by atoms with Gasteiger partial charge in [0.1, 0.15) is 11.9 Å². The minimum Gasteiger partial charge on any atom is -0.472 e. The van der Waals surface area contributed by atoms with Gasteiger partial charge in [-0.15, -0.1) is 11.3 Å². The van der Waals surface area contributed by atoms with E-state index in [4.69, 9.17) is 9.57 Å². The molecule has 11 heteroatoms. The first kappa shape index (κ1) is 26.9. The molecule has 1 N–H and O–H groups in total. The number of oxime groups is 1. The first-order chi connectivity index (χ1) is 18.1. The molecule has 3 unspecified atom stereocenters. The number of alkyl halides is 3. The van der Waals surface area contributed by atoms with Gasteiger partial charge in [0.25, 0.3) is 0 Å². The van der Waals surface area contributed by atoms with Gasteiger partial charge in [0.2, 0.25) is 0 Å². The third kappa shape index (κ3) is 5.80. The number of benzene rings is 2. The summed E-state index contributed by atoms with van der Waals surface area (Å²) >= 11 is 1.63. The lowest BCUT2D eigenvalue weighted by atomic mass is 9.98. The Morgan fingerprint density at radius 3 is 2.74 bits per heavy atom. The van der Waals surface area contributed by atoms with Crippen LogP contribution in [0.2, 0.25) is 0 Å². The van der Waals surface area contributed by atoms with Crippen LogP contribution in [0.25, 0.3) is 10.2 Å². The Morgan fingerprint density at radius 2 is 2.00 bits per heavy atom. The number of piperazine rings is 1. The Balaban J connectivity index is 1.19. The van der Waals surface area contributed by atoms with Gasteiger partial charge >= 0.3 is 6.18 Å². The molecule has 1 fully saturated rings. The van der Waals surface area contributed by atoms with Crippen molar-refractivity contribution < 1.29 is 27.9 Å². The van der Waals surface area contributed by atoms with Gasteiger partial charge in [-0.1, -0.05) is 23.4 Å². The highest BCUT2D eigenvalue weighted by Crippen LogP contribution is 2.38. The lowest BCUT2D eigenvalue weighted by Gasteiger charge is -2.43. The van der Waals surface area contributed by atoms with E-state index >= 15 is 0 Å². The van der Waals surface area contributed by atoms with Crippen LogP contribution < -0.4 is 4.74 Å². The molecule has 0 bridgehead atoms. The predicted octanol–water partition coefficient (Wildman–Crippen LogP) is 5.23. The molecule has 1 aromatic heterocycles. The molecular weight excluding hydrogens is 517 g/mol. The Hall–Kier alpha value is -2.73. The van der Waals surface area contributed by atoms with Crippen LogP contribution >= 0.6 is 11.3 Å². The van der Waals surface area contributed by atoms with Crippen molar-refractivity contribution in [2.45, 2.75) is 57.8 Å². The van der Waals surface area contributed by atoms with Crippen LogP contribution in [-0.2, 0) is 11.0 Å². The van der Waals surface area contributed by atoms with Crippen molar-refractivity contribution in [1.29, 1.82) is 0 Å². The summed E-state index contributed by atoms with van der Waals surface area (Å²) in [6.45, 7) is 8.30. The largest absolute Gasteiger partial charge is 0.472 e. The third-order valence-corrected chi connectivity index (χ3v) is 7.97. The molecule has 0 spiro atoms. The van der Waals surface area contributed by atoms with E-state index < -0.39 is 30.2 Å². The molecule has 1 saturated heterocycles. The number of thiazole rings is 1. The summed E-state index contributed by atoms with van der Waals surface area (Å²) in [7, 11) is 0. The first-order valence-electron chi connectivity index (χ1n) is 12.7. The molecule has 3 heterocycles. The van der Waals surface area contributed by atoms with Crippen molar-refractivity contribution in [1.82, 2.24) is 14.8 Å². The first-order valence-corrected chi connectivity index (χ1v) is 13.5. The van der Waals surface area contributed by atoms with Crippen LogP contribution in [0.1, 0.15) is 42.5 Å². The molecule has 4 atom stereocenters. The zero-order valence-corrected chi connectivity index (χ0v) is 22.3. The van der Waals surface area contributed by atoms with Gasteiger partial charge in [-0.05, 0) is 39.0 Å². The summed E-state index contributed by atoms with van der Waals surface area (Å²) in [6, 6.07) is 11.4. The molecule has 38 heavy (non-hydrogen) atoms. The van der Waals surface area contributed by atoms with Crippen LogP contribution in [0.15, 0.2) is 47.6 Å². The van der Waals surface area contributed by atoms with Crippen molar-refractivity contribution in [2.75, 3.05) is 26.2 Å². The van der Waals surface area contributed by atoms with Crippen molar-refractivity contribution in [3.63, 3.8) is 0 Å². The molecule has 0 aliphatic carbocycles. The molecule has 7 nitrogen and oxygen atoms in total. The van der Waals surface area contributed by atoms with Crippen LogP contribution in [0.4, 0.5) is 13.2 Å². The van der Waals surface area contributed by atoms with Gasteiger partial charge in [0, 0.05) is 50.3 Å². The quantitative estimate of drug-likeness (QED) is 0.436. The van der Waals surface area contributed by atoms with Crippen LogP contribution in [-0.4, -0.2) is 70.2 Å². The van der Waals surface area contributed by atoms with Gasteiger partial charge in [-0.2, -0.15) is 13.2 Å². The summed E-state index contributed by atoms with van der Waals surface area (Å²) in [5, 5.41) is 15.7. The number of aryl methyl sites for hydroxylation is 1. The average molecular weight is 549 g/mol. The van der Waals surface area contributed by atoms with Gasteiger partial charge in [0.05, 0.1) is 26.5 Å². The number of ether oxygens (including phenoxy) is 1. The van der Waals surface area contributed by atoms with Crippen LogP contribution in [0.5, 0.6) is 5.75 Å². The van der Waals surface area contributed by atoms with E-state index in [2.05, 4.69) is 26.9 Å². The van der Waals surface area contributed by atoms with E-state index in [0.29, 0.717) is 38.3 Å². The maximum atomic E-state index is 13.5. The number of nitrogens with zero attached hydrogens (tertiary/aromatic N) is 4. The monoisotopic (exact) mass is 548 g/mol. The van der Waals surface area contributed by atoms with Crippen molar-refractivity contribution >= 4 is 27.3 Å². The molecule has 3 aromatic rings. The standard InChI is InChI=1S/C27H31F3N4O3S/c1-16-14-34(26(17(2)35)36-20-8-9-25-23(13-20)31-18(3)38-25)11-10-33(16)15-19-12-24(37-32-19)21-6-4-5-7-22(21)27(28,29)30/h4-9,13,16-17,24,26,35H,10-12,14-15H2,1-3H3/t16-,17?,24?,26?/m0/s1. The third-order valence-electron chi connectivity index (χ3n) is 7.02. The van der Waals surface area contributed by atoms with Crippen molar-refractivity contribution in [2.24, 2.45) is 5.16 Å². The summed E-state index contributed by atoms with van der Waals surface area (Å²) < 4.78 is 47.7. The van der Waals surface area contributed by atoms with Crippen LogP contribution in [0.3, 0.4) is 0 Å². The van der Waals surface area contributed by atoms with E-state index in [-0.39, 0.29) is 11.6 Å². The molecule has 0 amide bonds. The van der Waals surface area contributed by atoms with Gasteiger partial charge in [0.15, 0.2) is 12.3 Å². The number of aliphatic hydroxyl groups excluding tert-OH is 1. The topological polar surface area (TPSA) is 70.4 Å². The average Bonchev–Trinajstić information content (AvgIpc) is 3.48. The fourth-order valence-corrected chi connectivity index (χ4v) is 5.97. The summed E-state index contributed by atoms with van der Waals surface area (Å²) in [4.78, 5) is 14.3. The molecule has 2 aliphatic rings. The smallest absolute Gasteiger partial charge is 0.416 e. The lowest BCUT2D eigenvalue weighted by molar-refractivity contribution is -0.139. The molecule has 204 valence electrons. The molecule has 2 aliphatic heterocycles. The van der Waals surface area contributed by atoms with Gasteiger partial charge < -0.3 is 14.7 Å². The maximum Gasteiger partial charge on any atom is 0.416 e.